The van der Waals surface area contributed by atoms with Crippen LogP contribution in [0.15, 0.2) is 23.6 Å². The summed E-state index contributed by atoms with van der Waals surface area (Å²) in [4.78, 5) is 0. The molecule has 0 aliphatic heterocycles. The highest BCUT2D eigenvalue weighted by Crippen LogP contribution is 2.35. The van der Waals surface area contributed by atoms with E-state index in [1.165, 1.54) is 17.4 Å². The number of thiophene rings is 1. The van der Waals surface area contributed by atoms with Crippen LogP contribution in [0.5, 0.6) is 5.75 Å². The van der Waals surface area contributed by atoms with E-state index >= 15 is 0 Å². The van der Waals surface area contributed by atoms with Gasteiger partial charge >= 0.3 is 6.36 Å². The minimum absolute atomic E-state index is 0.126. The van der Waals surface area contributed by atoms with Gasteiger partial charge in [-0.1, -0.05) is 6.07 Å². The molecule has 0 atom stereocenters. The zero-order valence-corrected chi connectivity index (χ0v) is 8.58. The molecule has 0 saturated carbocycles. The minimum Gasteiger partial charge on any atom is -0.405 e. The van der Waals surface area contributed by atoms with Gasteiger partial charge in [-0.2, -0.15) is 0 Å². The maximum absolute atomic E-state index is 12.1. The lowest BCUT2D eigenvalue weighted by molar-refractivity contribution is -0.274. The summed E-state index contributed by atoms with van der Waals surface area (Å²) in [7, 11) is 0. The van der Waals surface area contributed by atoms with Crippen molar-refractivity contribution >= 4 is 21.4 Å². The Hall–Kier alpha value is -1.23. The van der Waals surface area contributed by atoms with Gasteiger partial charge in [0.15, 0.2) is 0 Å². The van der Waals surface area contributed by atoms with Gasteiger partial charge in [0.2, 0.25) is 0 Å². The quantitative estimate of drug-likeness (QED) is 0.719. The van der Waals surface area contributed by atoms with Gasteiger partial charge in [0.05, 0.1) is 0 Å². The highest BCUT2D eigenvalue weighted by atomic mass is 32.1. The summed E-state index contributed by atoms with van der Waals surface area (Å²) in [6.07, 6.45) is -4.64. The molecule has 15 heavy (non-hydrogen) atoms. The summed E-state index contributed by atoms with van der Waals surface area (Å²) in [5.41, 5.74) is 0.801. The second-order valence-electron chi connectivity index (χ2n) is 3.10. The third-order valence-corrected chi connectivity index (χ3v) is 3.04. The van der Waals surface area contributed by atoms with E-state index in [0.29, 0.717) is 5.39 Å². The lowest BCUT2D eigenvalue weighted by Gasteiger charge is -2.10. The number of fused-ring (bicyclic) bond motifs is 1. The Bertz CT molecular complexity index is 487. The largest absolute Gasteiger partial charge is 0.573 e. The Balaban J connectivity index is 2.55. The lowest BCUT2D eigenvalue weighted by Crippen LogP contribution is -2.17. The SMILES string of the molecule is Cc1csc2cccc(OC(F)(F)F)c12. The molecule has 1 aromatic heterocycles. The normalized spacial score (nSPS) is 12.0. The van der Waals surface area contributed by atoms with Gasteiger partial charge in [-0.3, -0.25) is 0 Å². The number of ether oxygens (including phenoxy) is 1. The monoisotopic (exact) mass is 232 g/mol. The summed E-state index contributed by atoms with van der Waals surface area (Å²) in [6, 6.07) is 4.66. The molecule has 2 rings (SSSR count). The van der Waals surface area contributed by atoms with E-state index in [0.717, 1.165) is 10.3 Å². The zero-order chi connectivity index (χ0) is 11.1. The summed E-state index contributed by atoms with van der Waals surface area (Å²) < 4.78 is 41.0. The van der Waals surface area contributed by atoms with E-state index in [1.807, 2.05) is 5.38 Å². The van der Waals surface area contributed by atoms with Crippen LogP contribution in [0, 0.1) is 6.92 Å². The van der Waals surface area contributed by atoms with Crippen molar-refractivity contribution in [1.82, 2.24) is 0 Å². The average molecular weight is 232 g/mol. The molecule has 1 nitrogen and oxygen atoms in total. The van der Waals surface area contributed by atoms with Crippen LogP contribution in [0.25, 0.3) is 10.1 Å². The van der Waals surface area contributed by atoms with Crippen LogP contribution in [-0.2, 0) is 0 Å². The maximum Gasteiger partial charge on any atom is 0.573 e. The van der Waals surface area contributed by atoms with Crippen molar-refractivity contribution in [3.05, 3.63) is 29.1 Å². The van der Waals surface area contributed by atoms with Crippen LogP contribution in [0.3, 0.4) is 0 Å². The first-order chi connectivity index (χ1) is 6.97. The number of alkyl halides is 3. The highest BCUT2D eigenvalue weighted by molar-refractivity contribution is 7.17. The van der Waals surface area contributed by atoms with Crippen molar-refractivity contribution in [2.75, 3.05) is 0 Å². The number of halogens is 3. The van der Waals surface area contributed by atoms with E-state index in [-0.39, 0.29) is 5.75 Å². The van der Waals surface area contributed by atoms with Crippen LogP contribution in [-0.4, -0.2) is 6.36 Å². The first-order valence-corrected chi connectivity index (χ1v) is 5.08. The molecule has 0 bridgehead atoms. The summed E-state index contributed by atoms with van der Waals surface area (Å²) in [6.45, 7) is 1.77. The molecule has 0 N–H and O–H groups in total. The molecule has 0 aliphatic carbocycles. The molecule has 0 amide bonds. The molecule has 5 heteroatoms. The average Bonchev–Trinajstić information content (AvgIpc) is 2.46. The Morgan fingerprint density at radius 2 is 2.00 bits per heavy atom. The molecule has 80 valence electrons. The molecular weight excluding hydrogens is 225 g/mol. The van der Waals surface area contributed by atoms with Gasteiger partial charge in [-0.15, -0.1) is 24.5 Å². The van der Waals surface area contributed by atoms with Crippen LogP contribution in [0.2, 0.25) is 0 Å². The molecule has 0 radical (unpaired) electrons. The van der Waals surface area contributed by atoms with Crippen LogP contribution in [0.4, 0.5) is 13.2 Å². The predicted octanol–water partition coefficient (Wildman–Crippen LogP) is 4.11. The molecule has 0 spiro atoms. The van der Waals surface area contributed by atoms with Crippen molar-refractivity contribution < 1.29 is 17.9 Å². The Kier molecular flexibility index (Phi) is 2.34. The number of aryl methyl sites for hydroxylation is 1. The molecule has 0 aliphatic rings. The number of rotatable bonds is 1. The number of hydrogen-bond donors (Lipinski definition) is 0. The smallest absolute Gasteiger partial charge is 0.405 e. The maximum atomic E-state index is 12.1. The highest BCUT2D eigenvalue weighted by Gasteiger charge is 2.32. The second kappa shape index (κ2) is 3.41. The topological polar surface area (TPSA) is 9.23 Å². The summed E-state index contributed by atoms with van der Waals surface area (Å²) >= 11 is 1.41. The lowest BCUT2D eigenvalue weighted by atomic mass is 10.2. The predicted molar refractivity (Wildman–Crippen MR) is 53.2 cm³/mol. The van der Waals surface area contributed by atoms with E-state index in [2.05, 4.69) is 4.74 Å². The molecule has 1 aromatic carbocycles. The van der Waals surface area contributed by atoms with Gasteiger partial charge in [0.25, 0.3) is 0 Å². The van der Waals surface area contributed by atoms with Crippen molar-refractivity contribution in [1.29, 1.82) is 0 Å². The Morgan fingerprint density at radius 1 is 1.27 bits per heavy atom. The van der Waals surface area contributed by atoms with E-state index in [1.54, 1.807) is 19.1 Å². The number of benzene rings is 1. The Morgan fingerprint density at radius 3 is 2.67 bits per heavy atom. The van der Waals surface area contributed by atoms with E-state index in [9.17, 15) is 13.2 Å². The second-order valence-corrected chi connectivity index (χ2v) is 4.01. The molecule has 0 saturated heterocycles. The van der Waals surface area contributed by atoms with E-state index in [4.69, 9.17) is 0 Å². The molecule has 0 unspecified atom stereocenters. The zero-order valence-electron chi connectivity index (χ0n) is 7.76. The molecule has 1 heterocycles. The fourth-order valence-electron chi connectivity index (χ4n) is 1.42. The van der Waals surface area contributed by atoms with Crippen molar-refractivity contribution in [2.45, 2.75) is 13.3 Å². The van der Waals surface area contributed by atoms with Gasteiger partial charge in [0.1, 0.15) is 5.75 Å². The third-order valence-electron chi connectivity index (χ3n) is 1.97. The molecule has 2 aromatic rings. The fraction of sp³-hybridized carbons (Fsp3) is 0.200. The standard InChI is InChI=1S/C10H7F3OS/c1-6-5-15-8-4-2-3-7(9(6)8)14-10(11,12)13/h2-5H,1H3. The van der Waals surface area contributed by atoms with Gasteiger partial charge in [-0.05, 0) is 30.0 Å². The summed E-state index contributed by atoms with van der Waals surface area (Å²) in [5, 5.41) is 2.35. The molecule has 0 fully saturated rings. The van der Waals surface area contributed by atoms with Gasteiger partial charge in [0, 0.05) is 10.1 Å². The van der Waals surface area contributed by atoms with E-state index < -0.39 is 6.36 Å². The first kappa shape index (κ1) is 10.3. The summed E-state index contributed by atoms with van der Waals surface area (Å²) in [5.74, 6) is -0.126. The fourth-order valence-corrected chi connectivity index (χ4v) is 2.38. The minimum atomic E-state index is -4.64. The molecular formula is C10H7F3OS. The van der Waals surface area contributed by atoms with Gasteiger partial charge < -0.3 is 4.74 Å². The number of hydrogen-bond acceptors (Lipinski definition) is 2. The van der Waals surface area contributed by atoms with Crippen molar-refractivity contribution in [3.63, 3.8) is 0 Å². The van der Waals surface area contributed by atoms with Crippen LogP contribution < -0.4 is 4.74 Å². The van der Waals surface area contributed by atoms with Crippen LogP contribution in [0.1, 0.15) is 5.56 Å². The first-order valence-electron chi connectivity index (χ1n) is 4.20. The van der Waals surface area contributed by atoms with Crippen molar-refractivity contribution in [2.24, 2.45) is 0 Å². The van der Waals surface area contributed by atoms with Gasteiger partial charge in [-0.25, -0.2) is 0 Å². The van der Waals surface area contributed by atoms with Crippen molar-refractivity contribution in [3.8, 4) is 5.75 Å². The van der Waals surface area contributed by atoms with Crippen LogP contribution >= 0.6 is 11.3 Å². The third kappa shape index (κ3) is 2.07. The Labute approximate surface area is 88.1 Å².